The predicted octanol–water partition coefficient (Wildman–Crippen LogP) is 5.70. The summed E-state index contributed by atoms with van der Waals surface area (Å²) in [5, 5.41) is 1.70. The maximum Gasteiger partial charge on any atom is 0.336 e. The Labute approximate surface area is 166 Å². The third-order valence-corrected chi connectivity index (χ3v) is 4.75. The third kappa shape index (κ3) is 4.71. The summed E-state index contributed by atoms with van der Waals surface area (Å²) in [4.78, 5) is 24.1. The number of benzene rings is 2. The minimum Gasteiger partial charge on any atom is -0.484 e. The Balaban J connectivity index is 1.84. The molecule has 0 unspecified atom stereocenters. The van der Waals surface area contributed by atoms with Crippen LogP contribution in [0.25, 0.3) is 11.0 Å². The van der Waals surface area contributed by atoms with Crippen molar-refractivity contribution in [3.05, 3.63) is 74.1 Å². The minimum atomic E-state index is -0.417. The zero-order valence-electron chi connectivity index (χ0n) is 14.8. The highest BCUT2D eigenvalue weighted by atomic mass is 35.5. The first-order valence-corrected chi connectivity index (χ1v) is 9.41. The monoisotopic (exact) mass is 404 g/mol. The molecule has 0 N–H and O–H groups in total. The largest absolute Gasteiger partial charge is 0.484 e. The van der Waals surface area contributed by atoms with Gasteiger partial charge in [0.15, 0.2) is 12.4 Å². The van der Waals surface area contributed by atoms with E-state index in [9.17, 15) is 9.59 Å². The zero-order valence-corrected chi connectivity index (χ0v) is 16.3. The van der Waals surface area contributed by atoms with Crippen molar-refractivity contribution in [3.63, 3.8) is 0 Å². The molecule has 0 amide bonds. The number of aryl methyl sites for hydroxylation is 1. The van der Waals surface area contributed by atoms with Gasteiger partial charge in [0.25, 0.3) is 0 Å². The van der Waals surface area contributed by atoms with E-state index in [2.05, 4.69) is 6.92 Å². The Hall–Kier alpha value is -2.30. The number of unbranched alkanes of at least 4 members (excludes halogenated alkanes) is 1. The van der Waals surface area contributed by atoms with E-state index in [-0.39, 0.29) is 12.4 Å². The van der Waals surface area contributed by atoms with Gasteiger partial charge in [-0.1, -0.05) is 36.5 Å². The topological polar surface area (TPSA) is 56.5 Å². The molecular weight excluding hydrogens is 387 g/mol. The second kappa shape index (κ2) is 8.59. The predicted molar refractivity (Wildman–Crippen MR) is 107 cm³/mol. The molecule has 0 saturated carbocycles. The lowest BCUT2D eigenvalue weighted by atomic mass is 10.0. The van der Waals surface area contributed by atoms with Gasteiger partial charge in [0.1, 0.15) is 11.3 Å². The van der Waals surface area contributed by atoms with Gasteiger partial charge in [-0.3, -0.25) is 4.79 Å². The van der Waals surface area contributed by atoms with Crippen LogP contribution in [0.1, 0.15) is 35.7 Å². The molecule has 0 aliphatic rings. The molecule has 0 bridgehead atoms. The number of carbonyl (C=O) groups excluding carboxylic acids is 1. The Morgan fingerprint density at radius 1 is 1.11 bits per heavy atom. The number of rotatable bonds is 7. The van der Waals surface area contributed by atoms with Crippen LogP contribution in [0.4, 0.5) is 0 Å². The van der Waals surface area contributed by atoms with Crippen LogP contribution in [0, 0.1) is 0 Å². The van der Waals surface area contributed by atoms with Crippen molar-refractivity contribution in [2.75, 3.05) is 6.61 Å². The Kier molecular flexibility index (Phi) is 6.19. The second-order valence-corrected chi connectivity index (χ2v) is 7.04. The summed E-state index contributed by atoms with van der Waals surface area (Å²) in [7, 11) is 0. The second-order valence-electron chi connectivity index (χ2n) is 6.19. The van der Waals surface area contributed by atoms with E-state index >= 15 is 0 Å². The van der Waals surface area contributed by atoms with E-state index < -0.39 is 5.63 Å². The van der Waals surface area contributed by atoms with Crippen LogP contribution in [-0.4, -0.2) is 12.4 Å². The van der Waals surface area contributed by atoms with E-state index in [1.807, 2.05) is 0 Å². The van der Waals surface area contributed by atoms with Gasteiger partial charge in [-0.2, -0.15) is 0 Å². The third-order valence-electron chi connectivity index (χ3n) is 4.21. The van der Waals surface area contributed by atoms with E-state index in [0.717, 1.165) is 30.2 Å². The van der Waals surface area contributed by atoms with Crippen LogP contribution < -0.4 is 10.4 Å². The van der Waals surface area contributed by atoms with Crippen molar-refractivity contribution in [1.82, 2.24) is 0 Å². The molecular formula is C21H18Cl2O4. The minimum absolute atomic E-state index is 0.188. The molecule has 0 aliphatic carbocycles. The molecule has 0 atom stereocenters. The number of carbonyl (C=O) groups is 1. The van der Waals surface area contributed by atoms with E-state index in [1.165, 1.54) is 6.07 Å². The average Bonchev–Trinajstić information content (AvgIpc) is 2.65. The Morgan fingerprint density at radius 3 is 2.56 bits per heavy atom. The van der Waals surface area contributed by atoms with Crippen LogP contribution >= 0.6 is 23.2 Å². The van der Waals surface area contributed by atoms with Gasteiger partial charge in [0.05, 0.1) is 5.02 Å². The fourth-order valence-corrected chi connectivity index (χ4v) is 3.12. The van der Waals surface area contributed by atoms with Crippen molar-refractivity contribution in [1.29, 1.82) is 0 Å². The van der Waals surface area contributed by atoms with Gasteiger partial charge in [0.2, 0.25) is 0 Å². The number of hydrogen-bond acceptors (Lipinski definition) is 4. The van der Waals surface area contributed by atoms with Crippen molar-refractivity contribution in [2.45, 2.75) is 26.2 Å². The smallest absolute Gasteiger partial charge is 0.336 e. The fourth-order valence-electron chi connectivity index (χ4n) is 2.78. The highest BCUT2D eigenvalue weighted by molar-refractivity contribution is 6.33. The van der Waals surface area contributed by atoms with E-state index in [0.29, 0.717) is 26.9 Å². The summed E-state index contributed by atoms with van der Waals surface area (Å²) < 4.78 is 10.9. The summed E-state index contributed by atoms with van der Waals surface area (Å²) in [5.74, 6) is 0.0863. The zero-order chi connectivity index (χ0) is 19.4. The molecule has 0 saturated heterocycles. The van der Waals surface area contributed by atoms with Crippen LogP contribution in [0.5, 0.6) is 5.75 Å². The van der Waals surface area contributed by atoms with Crippen molar-refractivity contribution in [3.8, 4) is 5.75 Å². The summed E-state index contributed by atoms with van der Waals surface area (Å²) in [6.45, 7) is 1.90. The quantitative estimate of drug-likeness (QED) is 0.374. The normalized spacial score (nSPS) is 10.9. The van der Waals surface area contributed by atoms with Crippen LogP contribution in [0.15, 0.2) is 51.7 Å². The maximum atomic E-state index is 12.2. The van der Waals surface area contributed by atoms with Gasteiger partial charge in [0, 0.05) is 28.1 Å². The molecule has 2 aromatic carbocycles. The first kappa shape index (κ1) is 19.5. The highest BCUT2D eigenvalue weighted by Crippen LogP contribution is 2.31. The van der Waals surface area contributed by atoms with Crippen molar-refractivity contribution < 1.29 is 13.9 Å². The van der Waals surface area contributed by atoms with Crippen molar-refractivity contribution >= 4 is 40.0 Å². The standard InChI is InChI=1S/C21H18Cl2O4/c1-2-3-4-14-9-21(25)27-19-11-20(17(23)10-16(14)19)26-12-18(24)13-5-7-15(22)8-6-13/h5-11H,2-4,12H2,1H3. The molecule has 1 heterocycles. The van der Waals surface area contributed by atoms with Gasteiger partial charge < -0.3 is 9.15 Å². The summed E-state index contributed by atoms with van der Waals surface area (Å²) in [6, 6.07) is 11.3. The molecule has 27 heavy (non-hydrogen) atoms. The Bertz CT molecular complexity index is 1020. The van der Waals surface area contributed by atoms with Crippen molar-refractivity contribution in [2.24, 2.45) is 0 Å². The van der Waals surface area contributed by atoms with E-state index in [4.69, 9.17) is 32.4 Å². The maximum absolute atomic E-state index is 12.2. The summed E-state index contributed by atoms with van der Waals surface area (Å²) in [5.41, 5.74) is 1.37. The van der Waals surface area contributed by atoms with E-state index in [1.54, 1.807) is 36.4 Å². The summed E-state index contributed by atoms with van der Waals surface area (Å²) >= 11 is 12.2. The molecule has 3 rings (SSSR count). The number of halogens is 2. The van der Waals surface area contributed by atoms with Crippen LogP contribution in [-0.2, 0) is 6.42 Å². The van der Waals surface area contributed by atoms with Crippen LogP contribution in [0.2, 0.25) is 10.0 Å². The molecule has 0 radical (unpaired) electrons. The average molecular weight is 405 g/mol. The molecule has 3 aromatic rings. The highest BCUT2D eigenvalue weighted by Gasteiger charge is 2.13. The molecule has 0 fully saturated rings. The van der Waals surface area contributed by atoms with Gasteiger partial charge >= 0.3 is 5.63 Å². The van der Waals surface area contributed by atoms with Gasteiger partial charge in [-0.05, 0) is 48.7 Å². The molecule has 140 valence electrons. The molecule has 6 heteroatoms. The molecule has 0 spiro atoms. The number of ketones is 1. The number of fused-ring (bicyclic) bond motifs is 1. The molecule has 0 aliphatic heterocycles. The number of hydrogen-bond donors (Lipinski definition) is 0. The molecule has 4 nitrogen and oxygen atoms in total. The SMILES string of the molecule is CCCCc1cc(=O)oc2cc(OCC(=O)c3ccc(Cl)cc3)c(Cl)cc12. The number of Topliss-reactive ketones (excluding diaryl/α,β-unsaturated/α-hetero) is 1. The number of ether oxygens (including phenoxy) is 1. The lowest BCUT2D eigenvalue weighted by molar-refractivity contribution is 0.0921. The lowest BCUT2D eigenvalue weighted by Gasteiger charge is -2.10. The van der Waals surface area contributed by atoms with Gasteiger partial charge in [-0.15, -0.1) is 0 Å². The lowest BCUT2D eigenvalue weighted by Crippen LogP contribution is -2.11. The summed E-state index contributed by atoms with van der Waals surface area (Å²) in [6.07, 6.45) is 2.75. The molecule has 1 aromatic heterocycles. The van der Waals surface area contributed by atoms with Gasteiger partial charge in [-0.25, -0.2) is 4.79 Å². The fraction of sp³-hybridized carbons (Fsp3) is 0.238. The first-order valence-electron chi connectivity index (χ1n) is 8.65. The first-order chi connectivity index (χ1) is 13.0. The van der Waals surface area contributed by atoms with Crippen LogP contribution in [0.3, 0.4) is 0 Å². The Morgan fingerprint density at radius 2 is 1.85 bits per heavy atom.